The number of hydrogen-bond donors (Lipinski definition) is 2. The second-order valence-electron chi connectivity index (χ2n) is 6.37. The molecule has 0 spiro atoms. The summed E-state index contributed by atoms with van der Waals surface area (Å²) in [5.74, 6) is -1.67. The van der Waals surface area contributed by atoms with Crippen molar-refractivity contribution in [3.63, 3.8) is 0 Å². The number of nitriles is 1. The average molecular weight is 448 g/mol. The Morgan fingerprint density at radius 1 is 1.37 bits per heavy atom. The van der Waals surface area contributed by atoms with E-state index in [0.29, 0.717) is 6.92 Å². The standard InChI is InChI=1S/C18H20F4N4O3S/c1-10(8-23)14(19)7-6-11(2)24-17(27)16-12(3)15(9-26(16)5)30(28,29)25-13(4)18(20,21)22/h6-7,9,13,25H,1H2,2-5H3,(H,24,27)/b11-6+,14-7+/t13-/m1/s1. The summed E-state index contributed by atoms with van der Waals surface area (Å²) < 4.78 is 78.9. The lowest BCUT2D eigenvalue weighted by Gasteiger charge is -2.17. The van der Waals surface area contributed by atoms with Gasteiger partial charge in [0.05, 0.1) is 5.57 Å². The minimum atomic E-state index is -4.78. The van der Waals surface area contributed by atoms with Gasteiger partial charge in [0, 0.05) is 18.9 Å². The first kappa shape index (κ1) is 25.1. The van der Waals surface area contributed by atoms with Crippen LogP contribution in [0.15, 0.2) is 46.9 Å². The van der Waals surface area contributed by atoms with Gasteiger partial charge in [0.15, 0.2) is 0 Å². The van der Waals surface area contributed by atoms with Crippen LogP contribution in [-0.2, 0) is 17.1 Å². The fourth-order valence-electron chi connectivity index (χ4n) is 2.32. The molecule has 1 amide bonds. The molecule has 30 heavy (non-hydrogen) atoms. The highest BCUT2D eigenvalue weighted by molar-refractivity contribution is 7.89. The van der Waals surface area contributed by atoms with E-state index in [1.54, 1.807) is 0 Å². The van der Waals surface area contributed by atoms with Crippen molar-refractivity contribution in [2.75, 3.05) is 0 Å². The predicted octanol–water partition coefficient (Wildman–Crippen LogP) is 3.13. The van der Waals surface area contributed by atoms with Gasteiger partial charge < -0.3 is 9.88 Å². The summed E-state index contributed by atoms with van der Waals surface area (Å²) in [6, 6.07) is -0.806. The van der Waals surface area contributed by atoms with Crippen molar-refractivity contribution >= 4 is 15.9 Å². The molecule has 0 radical (unpaired) electrons. The molecule has 1 heterocycles. The molecule has 1 atom stereocenters. The van der Waals surface area contributed by atoms with Crippen molar-refractivity contribution < 1.29 is 30.8 Å². The van der Waals surface area contributed by atoms with Crippen molar-refractivity contribution in [2.24, 2.45) is 7.05 Å². The van der Waals surface area contributed by atoms with E-state index in [9.17, 15) is 30.8 Å². The van der Waals surface area contributed by atoms with Crippen LogP contribution in [-0.4, -0.2) is 31.1 Å². The summed E-state index contributed by atoms with van der Waals surface area (Å²) in [6.07, 6.45) is -1.68. The highest BCUT2D eigenvalue weighted by atomic mass is 32.2. The Labute approximate surface area is 171 Å². The van der Waals surface area contributed by atoms with E-state index in [-0.39, 0.29) is 17.0 Å². The summed E-state index contributed by atoms with van der Waals surface area (Å²) in [4.78, 5) is 12.0. The molecular formula is C18H20F4N4O3S. The zero-order valence-corrected chi connectivity index (χ0v) is 17.4. The Morgan fingerprint density at radius 2 is 1.93 bits per heavy atom. The number of carbonyl (C=O) groups is 1. The van der Waals surface area contributed by atoms with Gasteiger partial charge in [-0.1, -0.05) is 6.58 Å². The molecule has 0 saturated carbocycles. The van der Waals surface area contributed by atoms with E-state index < -0.39 is 44.4 Å². The van der Waals surface area contributed by atoms with Gasteiger partial charge in [-0.2, -0.15) is 23.2 Å². The predicted molar refractivity (Wildman–Crippen MR) is 101 cm³/mol. The maximum atomic E-state index is 13.5. The monoisotopic (exact) mass is 448 g/mol. The van der Waals surface area contributed by atoms with E-state index in [4.69, 9.17) is 5.26 Å². The molecule has 1 rings (SSSR count). The Morgan fingerprint density at radius 3 is 2.43 bits per heavy atom. The Balaban J connectivity index is 3.17. The number of allylic oxidation sites excluding steroid dienone is 5. The van der Waals surface area contributed by atoms with E-state index >= 15 is 0 Å². The van der Waals surface area contributed by atoms with Gasteiger partial charge in [-0.25, -0.2) is 12.8 Å². The fourth-order valence-corrected chi connectivity index (χ4v) is 3.84. The molecule has 0 unspecified atom stereocenters. The number of nitrogens with one attached hydrogen (secondary N) is 2. The maximum Gasteiger partial charge on any atom is 0.404 e. The summed E-state index contributed by atoms with van der Waals surface area (Å²) in [7, 11) is -3.20. The highest BCUT2D eigenvalue weighted by Gasteiger charge is 2.39. The molecule has 1 aromatic rings. The lowest BCUT2D eigenvalue weighted by Crippen LogP contribution is -2.43. The molecule has 0 aliphatic heterocycles. The van der Waals surface area contributed by atoms with Gasteiger partial charge >= 0.3 is 6.18 Å². The van der Waals surface area contributed by atoms with Gasteiger partial charge in [-0.15, -0.1) is 0 Å². The minimum Gasteiger partial charge on any atom is -0.345 e. The highest BCUT2D eigenvalue weighted by Crippen LogP contribution is 2.25. The smallest absolute Gasteiger partial charge is 0.345 e. The second-order valence-corrected chi connectivity index (χ2v) is 8.05. The molecule has 0 fully saturated rings. The number of aryl methyl sites for hydroxylation is 1. The van der Waals surface area contributed by atoms with E-state index in [1.807, 2.05) is 0 Å². The van der Waals surface area contributed by atoms with Crippen LogP contribution in [0.1, 0.15) is 29.9 Å². The van der Waals surface area contributed by atoms with Crippen molar-refractivity contribution in [2.45, 2.75) is 37.9 Å². The maximum absolute atomic E-state index is 13.5. The molecule has 0 aliphatic carbocycles. The van der Waals surface area contributed by atoms with Gasteiger partial charge in [-0.3, -0.25) is 4.79 Å². The minimum absolute atomic E-state index is 0.0655. The van der Waals surface area contributed by atoms with Crippen LogP contribution in [0.2, 0.25) is 0 Å². The van der Waals surface area contributed by atoms with Crippen molar-refractivity contribution in [1.82, 2.24) is 14.6 Å². The fraction of sp³-hybridized carbons (Fsp3) is 0.333. The quantitative estimate of drug-likeness (QED) is 0.380. The summed E-state index contributed by atoms with van der Waals surface area (Å²) in [5.41, 5.74) is -0.424. The van der Waals surface area contributed by atoms with Crippen LogP contribution in [0, 0.1) is 18.3 Å². The van der Waals surface area contributed by atoms with Gasteiger partial charge in [-0.05, 0) is 38.5 Å². The lowest BCUT2D eigenvalue weighted by molar-refractivity contribution is -0.147. The third-order valence-electron chi connectivity index (χ3n) is 3.93. The SMILES string of the molecule is C=C(C#N)/C(F)=C\C=C(/C)NC(=O)c1c(C)c(S(=O)(=O)N[C@H](C)C(F)(F)F)cn1C. The first-order valence-electron chi connectivity index (χ1n) is 8.31. The van der Waals surface area contributed by atoms with Crippen LogP contribution >= 0.6 is 0 Å². The van der Waals surface area contributed by atoms with Crippen LogP contribution in [0.25, 0.3) is 0 Å². The number of nitrogens with zero attached hydrogens (tertiary/aromatic N) is 2. The first-order chi connectivity index (χ1) is 13.6. The molecule has 1 aromatic heterocycles. The van der Waals surface area contributed by atoms with E-state index in [1.165, 1.54) is 31.7 Å². The number of rotatable bonds is 7. The largest absolute Gasteiger partial charge is 0.404 e. The zero-order valence-electron chi connectivity index (χ0n) is 16.6. The molecular weight excluding hydrogens is 428 g/mol. The first-order valence-corrected chi connectivity index (χ1v) is 9.80. The molecule has 2 N–H and O–H groups in total. The number of halogens is 4. The number of aromatic nitrogens is 1. The zero-order chi connectivity index (χ0) is 23.4. The van der Waals surface area contributed by atoms with Gasteiger partial charge in [0.1, 0.15) is 28.5 Å². The molecule has 164 valence electrons. The number of sulfonamides is 1. The molecule has 12 heteroatoms. The lowest BCUT2D eigenvalue weighted by atomic mass is 10.2. The summed E-state index contributed by atoms with van der Waals surface area (Å²) >= 11 is 0. The third-order valence-corrected chi connectivity index (χ3v) is 5.58. The molecule has 0 aromatic carbocycles. The molecule has 0 saturated heterocycles. The van der Waals surface area contributed by atoms with E-state index in [0.717, 1.165) is 22.9 Å². The summed E-state index contributed by atoms with van der Waals surface area (Å²) in [5, 5.41) is 11.0. The second kappa shape index (κ2) is 9.27. The topological polar surface area (TPSA) is 104 Å². The Hall–Kier alpha value is -2.91. The Kier molecular flexibility index (Phi) is 7.76. The molecule has 7 nitrogen and oxygen atoms in total. The van der Waals surface area contributed by atoms with Gasteiger partial charge in [0.2, 0.25) is 10.0 Å². The number of alkyl halides is 3. The number of hydrogen-bond acceptors (Lipinski definition) is 4. The van der Waals surface area contributed by atoms with Crippen molar-refractivity contribution in [3.8, 4) is 6.07 Å². The van der Waals surface area contributed by atoms with Crippen LogP contribution in [0.4, 0.5) is 17.6 Å². The van der Waals surface area contributed by atoms with Crippen molar-refractivity contribution in [3.05, 3.63) is 53.3 Å². The number of carbonyl (C=O) groups excluding carboxylic acids is 1. The average Bonchev–Trinajstić information content (AvgIpc) is 2.92. The van der Waals surface area contributed by atoms with Crippen LogP contribution in [0.5, 0.6) is 0 Å². The normalized spacial score (nSPS) is 14.2. The van der Waals surface area contributed by atoms with Crippen LogP contribution in [0.3, 0.4) is 0 Å². The third kappa shape index (κ3) is 6.04. The van der Waals surface area contributed by atoms with Gasteiger partial charge in [0.25, 0.3) is 5.91 Å². The molecule has 0 aliphatic rings. The Bertz CT molecular complexity index is 1060. The van der Waals surface area contributed by atoms with Crippen LogP contribution < -0.4 is 10.0 Å². The van der Waals surface area contributed by atoms with Crippen molar-refractivity contribution in [1.29, 1.82) is 5.26 Å². The number of amides is 1. The van der Waals surface area contributed by atoms with E-state index in [2.05, 4.69) is 11.9 Å². The molecule has 0 bridgehead atoms. The summed E-state index contributed by atoms with van der Waals surface area (Å²) in [6.45, 7) is 6.54.